The monoisotopic (exact) mass is 373 g/mol. The lowest BCUT2D eigenvalue weighted by Gasteiger charge is -2.13. The highest BCUT2D eigenvalue weighted by Gasteiger charge is 2.17. The molecular formula is C19H23N3O5. The summed E-state index contributed by atoms with van der Waals surface area (Å²) in [7, 11) is 3.12. The van der Waals surface area contributed by atoms with E-state index in [1.807, 2.05) is 0 Å². The average molecular weight is 373 g/mol. The summed E-state index contributed by atoms with van der Waals surface area (Å²) in [4.78, 5) is 24.3. The Morgan fingerprint density at radius 1 is 1.30 bits per heavy atom. The summed E-state index contributed by atoms with van der Waals surface area (Å²) >= 11 is 0. The second-order valence-electron chi connectivity index (χ2n) is 6.22. The van der Waals surface area contributed by atoms with Crippen LogP contribution < -0.4 is 20.3 Å². The SMILES string of the molecule is COc1ccc(-c2ccc(=O)n(CC(=O)NC[C@@H]3CCCO3)n2)c(OC)c1. The van der Waals surface area contributed by atoms with Crippen molar-refractivity contribution in [1.82, 2.24) is 15.1 Å². The van der Waals surface area contributed by atoms with Crippen LogP contribution in [0, 0.1) is 0 Å². The van der Waals surface area contributed by atoms with Crippen LogP contribution in [-0.2, 0) is 16.1 Å². The van der Waals surface area contributed by atoms with Crippen LogP contribution in [0.25, 0.3) is 11.3 Å². The first kappa shape index (κ1) is 18.9. The largest absolute Gasteiger partial charge is 0.497 e. The molecule has 144 valence electrons. The normalized spacial score (nSPS) is 16.1. The molecule has 0 radical (unpaired) electrons. The molecule has 1 amide bonds. The van der Waals surface area contributed by atoms with E-state index in [9.17, 15) is 9.59 Å². The number of methoxy groups -OCH3 is 2. The molecule has 1 saturated heterocycles. The number of nitrogens with zero attached hydrogens (tertiary/aromatic N) is 2. The summed E-state index contributed by atoms with van der Waals surface area (Å²) in [5, 5.41) is 7.11. The van der Waals surface area contributed by atoms with Gasteiger partial charge in [0.1, 0.15) is 18.0 Å². The van der Waals surface area contributed by atoms with E-state index >= 15 is 0 Å². The Kier molecular flexibility index (Phi) is 6.08. The van der Waals surface area contributed by atoms with Crippen molar-refractivity contribution in [1.29, 1.82) is 0 Å². The smallest absolute Gasteiger partial charge is 0.267 e. The molecule has 1 aliphatic heterocycles. The molecule has 0 spiro atoms. The van der Waals surface area contributed by atoms with Gasteiger partial charge in [0.15, 0.2) is 0 Å². The van der Waals surface area contributed by atoms with Crippen LogP contribution in [0.2, 0.25) is 0 Å². The number of carbonyl (C=O) groups is 1. The fourth-order valence-electron chi connectivity index (χ4n) is 2.94. The Morgan fingerprint density at radius 3 is 2.85 bits per heavy atom. The van der Waals surface area contributed by atoms with Crippen LogP contribution in [0.5, 0.6) is 11.5 Å². The van der Waals surface area contributed by atoms with Gasteiger partial charge in [-0.25, -0.2) is 4.68 Å². The Balaban J connectivity index is 1.76. The van der Waals surface area contributed by atoms with Crippen molar-refractivity contribution in [3.05, 3.63) is 40.7 Å². The molecule has 1 aliphatic rings. The topological polar surface area (TPSA) is 91.7 Å². The molecule has 0 bridgehead atoms. The summed E-state index contributed by atoms with van der Waals surface area (Å²) < 4.78 is 17.2. The number of benzene rings is 1. The summed E-state index contributed by atoms with van der Waals surface area (Å²) in [5.41, 5.74) is 0.881. The number of carbonyl (C=O) groups excluding carboxylic acids is 1. The second-order valence-corrected chi connectivity index (χ2v) is 6.22. The third-order valence-electron chi connectivity index (χ3n) is 4.40. The van der Waals surface area contributed by atoms with E-state index in [0.29, 0.717) is 29.3 Å². The highest BCUT2D eigenvalue weighted by Crippen LogP contribution is 2.31. The minimum absolute atomic E-state index is 0.0496. The Bertz CT molecular complexity index is 859. The van der Waals surface area contributed by atoms with E-state index in [2.05, 4.69) is 10.4 Å². The molecule has 0 saturated carbocycles. The second kappa shape index (κ2) is 8.68. The van der Waals surface area contributed by atoms with Gasteiger partial charge in [-0.1, -0.05) is 0 Å². The van der Waals surface area contributed by atoms with E-state index in [4.69, 9.17) is 14.2 Å². The van der Waals surface area contributed by atoms with E-state index < -0.39 is 0 Å². The molecule has 27 heavy (non-hydrogen) atoms. The molecule has 1 aromatic heterocycles. The maximum atomic E-state index is 12.2. The fraction of sp³-hybridized carbons (Fsp3) is 0.421. The predicted octanol–water partition coefficient (Wildman–Crippen LogP) is 1.22. The van der Waals surface area contributed by atoms with Crippen molar-refractivity contribution in [3.63, 3.8) is 0 Å². The summed E-state index contributed by atoms with van der Waals surface area (Å²) in [6, 6.07) is 8.31. The van der Waals surface area contributed by atoms with Crippen LogP contribution in [0.3, 0.4) is 0 Å². The van der Waals surface area contributed by atoms with Crippen molar-refractivity contribution in [2.45, 2.75) is 25.5 Å². The van der Waals surface area contributed by atoms with E-state index in [1.165, 1.54) is 6.07 Å². The van der Waals surface area contributed by atoms with Crippen molar-refractivity contribution < 1.29 is 19.0 Å². The van der Waals surface area contributed by atoms with Gasteiger partial charge in [-0.3, -0.25) is 9.59 Å². The third-order valence-corrected chi connectivity index (χ3v) is 4.40. The highest BCUT2D eigenvalue weighted by atomic mass is 16.5. The zero-order valence-electron chi connectivity index (χ0n) is 15.4. The number of ether oxygens (including phenoxy) is 3. The molecule has 2 aromatic rings. The molecule has 1 N–H and O–H groups in total. The maximum Gasteiger partial charge on any atom is 0.267 e. The lowest BCUT2D eigenvalue weighted by molar-refractivity contribution is -0.122. The first-order chi connectivity index (χ1) is 13.1. The van der Waals surface area contributed by atoms with Crippen molar-refractivity contribution in [2.24, 2.45) is 0 Å². The zero-order chi connectivity index (χ0) is 19.2. The van der Waals surface area contributed by atoms with Crippen LogP contribution >= 0.6 is 0 Å². The molecule has 1 atom stereocenters. The molecule has 1 fully saturated rings. The van der Waals surface area contributed by atoms with Gasteiger partial charge in [0, 0.05) is 30.8 Å². The van der Waals surface area contributed by atoms with Gasteiger partial charge in [-0.05, 0) is 31.0 Å². The highest BCUT2D eigenvalue weighted by molar-refractivity contribution is 5.75. The number of hydrogen-bond donors (Lipinski definition) is 1. The van der Waals surface area contributed by atoms with E-state index in [1.54, 1.807) is 38.5 Å². The van der Waals surface area contributed by atoms with E-state index in [-0.39, 0.29) is 24.1 Å². The maximum absolute atomic E-state index is 12.2. The van der Waals surface area contributed by atoms with Crippen molar-refractivity contribution in [3.8, 4) is 22.8 Å². The quantitative estimate of drug-likeness (QED) is 0.785. The van der Waals surface area contributed by atoms with Crippen LogP contribution in [0.15, 0.2) is 35.1 Å². The van der Waals surface area contributed by atoms with Gasteiger partial charge < -0.3 is 19.5 Å². The average Bonchev–Trinajstić information content (AvgIpc) is 3.21. The Hall–Kier alpha value is -2.87. The molecule has 8 heteroatoms. The molecule has 0 aliphatic carbocycles. The third kappa shape index (κ3) is 4.65. The van der Waals surface area contributed by atoms with Crippen LogP contribution in [0.4, 0.5) is 0 Å². The standard InChI is InChI=1S/C19H23N3O5/c1-25-13-5-6-15(17(10-13)26-2)16-7-8-19(24)22(21-16)12-18(23)20-11-14-4-3-9-27-14/h5-8,10,14H,3-4,9,11-12H2,1-2H3,(H,20,23)/t14-/m0/s1. The first-order valence-electron chi connectivity index (χ1n) is 8.79. The number of nitrogens with one attached hydrogen (secondary N) is 1. The number of aromatic nitrogens is 2. The van der Waals surface area contributed by atoms with Gasteiger partial charge in [-0.2, -0.15) is 5.10 Å². The van der Waals surface area contributed by atoms with Gasteiger partial charge >= 0.3 is 0 Å². The van der Waals surface area contributed by atoms with Crippen LogP contribution in [-0.4, -0.2) is 49.2 Å². The molecule has 8 nitrogen and oxygen atoms in total. The molecule has 1 aromatic carbocycles. The van der Waals surface area contributed by atoms with Crippen LogP contribution in [0.1, 0.15) is 12.8 Å². The minimum atomic E-state index is -0.349. The number of rotatable bonds is 7. The lowest BCUT2D eigenvalue weighted by Crippen LogP contribution is -2.37. The Morgan fingerprint density at radius 2 is 2.15 bits per heavy atom. The molecular weight excluding hydrogens is 350 g/mol. The zero-order valence-corrected chi connectivity index (χ0v) is 15.4. The van der Waals surface area contributed by atoms with E-state index in [0.717, 1.165) is 24.1 Å². The molecule has 3 rings (SSSR count). The van der Waals surface area contributed by atoms with Gasteiger partial charge in [-0.15, -0.1) is 0 Å². The molecule has 0 unspecified atom stereocenters. The van der Waals surface area contributed by atoms with Gasteiger partial charge in [0.2, 0.25) is 5.91 Å². The first-order valence-corrected chi connectivity index (χ1v) is 8.79. The van der Waals surface area contributed by atoms with Gasteiger partial charge in [0.25, 0.3) is 5.56 Å². The predicted molar refractivity (Wildman–Crippen MR) is 99.0 cm³/mol. The fourth-order valence-corrected chi connectivity index (χ4v) is 2.94. The van der Waals surface area contributed by atoms with Gasteiger partial charge in [0.05, 0.1) is 26.0 Å². The molecule has 2 heterocycles. The summed E-state index contributed by atoms with van der Waals surface area (Å²) in [6.45, 7) is 1.02. The van der Waals surface area contributed by atoms with Crippen molar-refractivity contribution in [2.75, 3.05) is 27.4 Å². The summed E-state index contributed by atoms with van der Waals surface area (Å²) in [5.74, 6) is 0.936. The number of hydrogen-bond acceptors (Lipinski definition) is 6. The minimum Gasteiger partial charge on any atom is -0.497 e. The lowest BCUT2D eigenvalue weighted by atomic mass is 10.1. The summed E-state index contributed by atoms with van der Waals surface area (Å²) in [6.07, 6.45) is 1.99. The van der Waals surface area contributed by atoms with Crippen molar-refractivity contribution >= 4 is 5.91 Å². The number of amides is 1. The Labute approximate surface area is 157 Å².